The Hall–Kier alpha value is -1.75. The van der Waals surface area contributed by atoms with Gasteiger partial charge in [0, 0.05) is 18.5 Å². The molecule has 1 aromatic heterocycles. The summed E-state index contributed by atoms with van der Waals surface area (Å²) in [7, 11) is 1.86. The lowest BCUT2D eigenvalue weighted by molar-refractivity contribution is 0.377. The van der Waals surface area contributed by atoms with E-state index in [0.29, 0.717) is 18.1 Å². The standard InChI is InChI=1S/C12H14FN3O/c1-8-7-9(13)3-4-10(8)12-15-11(17-16-12)5-6-14-2/h3-4,7,14H,5-6H2,1-2H3. The smallest absolute Gasteiger partial charge is 0.228 e. The molecular formula is C12H14FN3O. The first-order chi connectivity index (χ1) is 8.20. The zero-order valence-electron chi connectivity index (χ0n) is 9.83. The van der Waals surface area contributed by atoms with Crippen molar-refractivity contribution in [2.24, 2.45) is 0 Å². The first-order valence-electron chi connectivity index (χ1n) is 5.44. The molecule has 5 heteroatoms. The number of aryl methyl sites for hydroxylation is 1. The molecule has 0 aliphatic rings. The fourth-order valence-electron chi connectivity index (χ4n) is 1.58. The van der Waals surface area contributed by atoms with E-state index in [9.17, 15) is 4.39 Å². The lowest BCUT2D eigenvalue weighted by Gasteiger charge is -1.99. The van der Waals surface area contributed by atoms with Gasteiger partial charge in [-0.1, -0.05) is 5.16 Å². The predicted molar refractivity (Wildman–Crippen MR) is 62.1 cm³/mol. The molecule has 1 heterocycles. The first kappa shape index (κ1) is 11.7. The molecule has 17 heavy (non-hydrogen) atoms. The second-order valence-electron chi connectivity index (χ2n) is 3.82. The number of hydrogen-bond acceptors (Lipinski definition) is 4. The molecule has 0 radical (unpaired) electrons. The number of rotatable bonds is 4. The molecule has 2 rings (SSSR count). The number of benzene rings is 1. The summed E-state index contributed by atoms with van der Waals surface area (Å²) in [6.45, 7) is 2.60. The first-order valence-corrected chi connectivity index (χ1v) is 5.44. The van der Waals surface area contributed by atoms with E-state index in [4.69, 9.17) is 4.52 Å². The Morgan fingerprint density at radius 3 is 2.94 bits per heavy atom. The van der Waals surface area contributed by atoms with Crippen molar-refractivity contribution < 1.29 is 8.91 Å². The van der Waals surface area contributed by atoms with Crippen molar-refractivity contribution in [2.75, 3.05) is 13.6 Å². The van der Waals surface area contributed by atoms with Gasteiger partial charge in [0.05, 0.1) is 0 Å². The summed E-state index contributed by atoms with van der Waals surface area (Å²) in [5.41, 5.74) is 1.59. The van der Waals surface area contributed by atoms with Crippen LogP contribution in [0.3, 0.4) is 0 Å². The van der Waals surface area contributed by atoms with Crippen LogP contribution in [0.4, 0.5) is 4.39 Å². The number of likely N-dealkylation sites (N-methyl/N-ethyl adjacent to an activating group) is 1. The van der Waals surface area contributed by atoms with Gasteiger partial charge in [-0.3, -0.25) is 0 Å². The van der Waals surface area contributed by atoms with Gasteiger partial charge in [-0.25, -0.2) is 4.39 Å². The Balaban J connectivity index is 2.24. The molecule has 2 aromatic rings. The Labute approximate surface area is 98.8 Å². The Morgan fingerprint density at radius 1 is 1.41 bits per heavy atom. The molecule has 1 N–H and O–H groups in total. The second kappa shape index (κ2) is 5.05. The Kier molecular flexibility index (Phi) is 3.49. The summed E-state index contributed by atoms with van der Waals surface area (Å²) in [4.78, 5) is 4.27. The normalized spacial score (nSPS) is 10.8. The maximum absolute atomic E-state index is 13.0. The van der Waals surface area contributed by atoms with E-state index in [-0.39, 0.29) is 5.82 Å². The maximum Gasteiger partial charge on any atom is 0.228 e. The van der Waals surface area contributed by atoms with Gasteiger partial charge in [0.1, 0.15) is 5.82 Å². The molecule has 0 aliphatic carbocycles. The summed E-state index contributed by atoms with van der Waals surface area (Å²) in [5.74, 6) is 0.830. The van der Waals surface area contributed by atoms with Gasteiger partial charge < -0.3 is 9.84 Å². The third-order valence-electron chi connectivity index (χ3n) is 2.49. The largest absolute Gasteiger partial charge is 0.339 e. The van der Waals surface area contributed by atoms with Crippen LogP contribution in [0.2, 0.25) is 0 Å². The summed E-state index contributed by atoms with van der Waals surface area (Å²) in [5, 5.41) is 6.90. The van der Waals surface area contributed by atoms with Crippen LogP contribution in [0.15, 0.2) is 22.7 Å². The third kappa shape index (κ3) is 2.68. The van der Waals surface area contributed by atoms with Gasteiger partial charge in [-0.15, -0.1) is 0 Å². The van der Waals surface area contributed by atoms with Gasteiger partial charge in [-0.2, -0.15) is 4.98 Å². The zero-order valence-corrected chi connectivity index (χ0v) is 9.83. The molecule has 0 spiro atoms. The fourth-order valence-corrected chi connectivity index (χ4v) is 1.58. The van der Waals surface area contributed by atoms with Crippen molar-refractivity contribution in [3.63, 3.8) is 0 Å². The van der Waals surface area contributed by atoms with Gasteiger partial charge in [0.15, 0.2) is 0 Å². The van der Waals surface area contributed by atoms with E-state index < -0.39 is 0 Å². The number of halogens is 1. The van der Waals surface area contributed by atoms with Crippen molar-refractivity contribution in [2.45, 2.75) is 13.3 Å². The maximum atomic E-state index is 13.0. The average Bonchev–Trinajstić information content (AvgIpc) is 2.75. The molecule has 0 atom stereocenters. The molecule has 0 amide bonds. The molecule has 0 bridgehead atoms. The second-order valence-corrected chi connectivity index (χ2v) is 3.82. The molecule has 0 saturated carbocycles. The summed E-state index contributed by atoms with van der Waals surface area (Å²) >= 11 is 0. The van der Waals surface area contributed by atoms with Gasteiger partial charge >= 0.3 is 0 Å². The number of hydrogen-bond donors (Lipinski definition) is 1. The van der Waals surface area contributed by atoms with Crippen LogP contribution in [-0.2, 0) is 6.42 Å². The topological polar surface area (TPSA) is 51.0 Å². The third-order valence-corrected chi connectivity index (χ3v) is 2.49. The van der Waals surface area contributed by atoms with E-state index in [0.717, 1.165) is 17.7 Å². The van der Waals surface area contributed by atoms with E-state index in [1.807, 2.05) is 14.0 Å². The highest BCUT2D eigenvalue weighted by molar-refractivity contribution is 5.59. The molecule has 0 saturated heterocycles. The molecule has 0 fully saturated rings. The summed E-state index contributed by atoms with van der Waals surface area (Å²) in [6.07, 6.45) is 0.684. The highest BCUT2D eigenvalue weighted by Gasteiger charge is 2.10. The van der Waals surface area contributed by atoms with Gasteiger partial charge in [0.2, 0.25) is 11.7 Å². The molecule has 90 valence electrons. The zero-order chi connectivity index (χ0) is 12.3. The minimum Gasteiger partial charge on any atom is -0.339 e. The highest BCUT2D eigenvalue weighted by atomic mass is 19.1. The monoisotopic (exact) mass is 235 g/mol. The van der Waals surface area contributed by atoms with E-state index >= 15 is 0 Å². The average molecular weight is 235 g/mol. The van der Waals surface area contributed by atoms with Crippen LogP contribution in [0, 0.1) is 12.7 Å². The van der Waals surface area contributed by atoms with Crippen LogP contribution in [0.5, 0.6) is 0 Å². The molecule has 0 unspecified atom stereocenters. The van der Waals surface area contributed by atoms with Crippen LogP contribution < -0.4 is 5.32 Å². The Morgan fingerprint density at radius 2 is 2.24 bits per heavy atom. The Bertz CT molecular complexity index is 510. The van der Waals surface area contributed by atoms with Crippen LogP contribution >= 0.6 is 0 Å². The van der Waals surface area contributed by atoms with Crippen LogP contribution in [0.25, 0.3) is 11.4 Å². The fraction of sp³-hybridized carbons (Fsp3) is 0.333. The van der Waals surface area contributed by atoms with E-state index in [1.54, 1.807) is 6.07 Å². The predicted octanol–water partition coefficient (Wildman–Crippen LogP) is 1.95. The van der Waals surface area contributed by atoms with Crippen LogP contribution in [-0.4, -0.2) is 23.7 Å². The van der Waals surface area contributed by atoms with Crippen molar-refractivity contribution in [1.82, 2.24) is 15.5 Å². The lowest BCUT2D eigenvalue weighted by atomic mass is 10.1. The quantitative estimate of drug-likeness (QED) is 0.880. The molecular weight excluding hydrogens is 221 g/mol. The summed E-state index contributed by atoms with van der Waals surface area (Å²) < 4.78 is 18.1. The number of aromatic nitrogens is 2. The molecule has 0 aliphatic heterocycles. The van der Waals surface area contributed by atoms with E-state index in [2.05, 4.69) is 15.5 Å². The lowest BCUT2D eigenvalue weighted by Crippen LogP contribution is -2.10. The summed E-state index contributed by atoms with van der Waals surface area (Å²) in [6, 6.07) is 4.52. The van der Waals surface area contributed by atoms with Crippen LogP contribution in [0.1, 0.15) is 11.5 Å². The van der Waals surface area contributed by atoms with Crippen molar-refractivity contribution in [1.29, 1.82) is 0 Å². The minimum atomic E-state index is -0.259. The minimum absolute atomic E-state index is 0.259. The van der Waals surface area contributed by atoms with E-state index in [1.165, 1.54) is 12.1 Å². The molecule has 1 aromatic carbocycles. The highest BCUT2D eigenvalue weighted by Crippen LogP contribution is 2.21. The van der Waals surface area contributed by atoms with Crippen molar-refractivity contribution in [3.05, 3.63) is 35.5 Å². The molecule has 4 nitrogen and oxygen atoms in total. The van der Waals surface area contributed by atoms with Crippen molar-refractivity contribution in [3.8, 4) is 11.4 Å². The number of nitrogens with one attached hydrogen (secondary N) is 1. The van der Waals surface area contributed by atoms with Gasteiger partial charge in [-0.05, 0) is 37.7 Å². The van der Waals surface area contributed by atoms with Gasteiger partial charge in [0.25, 0.3) is 0 Å². The van der Waals surface area contributed by atoms with Crippen molar-refractivity contribution >= 4 is 0 Å². The number of nitrogens with zero attached hydrogens (tertiary/aromatic N) is 2. The SMILES string of the molecule is CNCCc1nc(-c2ccc(F)cc2C)no1.